The van der Waals surface area contributed by atoms with Gasteiger partial charge in [-0.05, 0) is 26.2 Å². The first-order valence-corrected chi connectivity index (χ1v) is 6.98. The third-order valence-electron chi connectivity index (χ3n) is 3.20. The normalized spacial score (nSPS) is 18.7. The van der Waals surface area contributed by atoms with Crippen LogP contribution in [-0.4, -0.2) is 35.1 Å². The molecular weight excluding hydrogens is 216 g/mol. The molecule has 0 aliphatic heterocycles. The van der Waals surface area contributed by atoms with E-state index in [4.69, 9.17) is 4.74 Å². The summed E-state index contributed by atoms with van der Waals surface area (Å²) >= 11 is 0. The van der Waals surface area contributed by atoms with Gasteiger partial charge in [-0.25, -0.2) is 0 Å². The average Bonchev–Trinajstić information content (AvgIpc) is 2.26. The third-order valence-corrected chi connectivity index (χ3v) is 3.20. The molecule has 0 heterocycles. The van der Waals surface area contributed by atoms with Crippen molar-refractivity contribution in [1.29, 1.82) is 0 Å². The minimum absolute atomic E-state index is 0.245. The molecule has 3 heteroatoms. The Morgan fingerprint density at radius 2 is 1.76 bits per heavy atom. The standard InChI is InChI=1S/C14H30O3/c1-5-7-8-13(6-2)10-17-14(12(4)16)9-11(3)15/h11-16H,5-10H2,1-4H3. The summed E-state index contributed by atoms with van der Waals surface area (Å²) in [6.07, 6.45) is 4.06. The lowest BCUT2D eigenvalue weighted by Crippen LogP contribution is -2.31. The van der Waals surface area contributed by atoms with Gasteiger partial charge in [-0.3, -0.25) is 0 Å². The predicted molar refractivity (Wildman–Crippen MR) is 71.0 cm³/mol. The first-order valence-electron chi connectivity index (χ1n) is 6.98. The van der Waals surface area contributed by atoms with Gasteiger partial charge in [0.05, 0.1) is 18.3 Å². The topological polar surface area (TPSA) is 49.7 Å². The maximum atomic E-state index is 9.59. The van der Waals surface area contributed by atoms with E-state index in [1.54, 1.807) is 13.8 Å². The minimum atomic E-state index is -0.520. The second-order valence-electron chi connectivity index (χ2n) is 5.11. The lowest BCUT2D eigenvalue weighted by atomic mass is 10.00. The second kappa shape index (κ2) is 9.86. The van der Waals surface area contributed by atoms with Crippen LogP contribution in [-0.2, 0) is 4.74 Å². The van der Waals surface area contributed by atoms with E-state index in [0.29, 0.717) is 18.9 Å². The van der Waals surface area contributed by atoms with Crippen LogP contribution < -0.4 is 0 Å². The fourth-order valence-corrected chi connectivity index (χ4v) is 1.90. The van der Waals surface area contributed by atoms with Crippen LogP contribution in [0.5, 0.6) is 0 Å². The molecule has 0 aromatic heterocycles. The van der Waals surface area contributed by atoms with Gasteiger partial charge in [0.1, 0.15) is 0 Å². The SMILES string of the molecule is CCCCC(CC)COC(CC(C)O)C(C)O. The van der Waals surface area contributed by atoms with Crippen molar-refractivity contribution in [1.82, 2.24) is 0 Å². The molecule has 0 amide bonds. The molecule has 4 unspecified atom stereocenters. The van der Waals surface area contributed by atoms with Gasteiger partial charge >= 0.3 is 0 Å². The van der Waals surface area contributed by atoms with E-state index in [9.17, 15) is 10.2 Å². The van der Waals surface area contributed by atoms with Gasteiger partial charge in [0, 0.05) is 13.0 Å². The van der Waals surface area contributed by atoms with Gasteiger partial charge < -0.3 is 14.9 Å². The number of aliphatic hydroxyl groups excluding tert-OH is 2. The van der Waals surface area contributed by atoms with Crippen LogP contribution in [0.1, 0.15) is 59.8 Å². The number of ether oxygens (including phenoxy) is 1. The summed E-state index contributed by atoms with van der Waals surface area (Å²) in [6, 6.07) is 0. The monoisotopic (exact) mass is 246 g/mol. The van der Waals surface area contributed by atoms with E-state index in [2.05, 4.69) is 13.8 Å². The fraction of sp³-hybridized carbons (Fsp3) is 1.00. The predicted octanol–water partition coefficient (Wildman–Crippen LogP) is 2.74. The van der Waals surface area contributed by atoms with Gasteiger partial charge in [0.2, 0.25) is 0 Å². The zero-order chi connectivity index (χ0) is 13.3. The third kappa shape index (κ3) is 8.58. The van der Waals surface area contributed by atoms with Crippen molar-refractivity contribution in [2.24, 2.45) is 5.92 Å². The maximum absolute atomic E-state index is 9.59. The van der Waals surface area contributed by atoms with Crippen LogP contribution in [0.15, 0.2) is 0 Å². The van der Waals surface area contributed by atoms with Crippen LogP contribution in [0.4, 0.5) is 0 Å². The molecule has 0 radical (unpaired) electrons. The summed E-state index contributed by atoms with van der Waals surface area (Å²) in [5.41, 5.74) is 0. The Bertz CT molecular complexity index is 169. The highest BCUT2D eigenvalue weighted by Gasteiger charge is 2.19. The van der Waals surface area contributed by atoms with Crippen molar-refractivity contribution in [3.05, 3.63) is 0 Å². The number of unbranched alkanes of at least 4 members (excludes halogenated alkanes) is 1. The summed E-state index contributed by atoms with van der Waals surface area (Å²) in [6.45, 7) is 8.52. The zero-order valence-corrected chi connectivity index (χ0v) is 11.9. The molecule has 0 fully saturated rings. The van der Waals surface area contributed by atoms with E-state index in [1.165, 1.54) is 19.3 Å². The first kappa shape index (κ1) is 16.9. The van der Waals surface area contributed by atoms with Gasteiger partial charge in [0.25, 0.3) is 0 Å². The highest BCUT2D eigenvalue weighted by atomic mass is 16.5. The Hall–Kier alpha value is -0.120. The van der Waals surface area contributed by atoms with Gasteiger partial charge in [0.15, 0.2) is 0 Å². The molecule has 0 bridgehead atoms. The number of hydrogen-bond donors (Lipinski definition) is 2. The van der Waals surface area contributed by atoms with Crippen molar-refractivity contribution < 1.29 is 14.9 Å². The van der Waals surface area contributed by atoms with Gasteiger partial charge in [-0.2, -0.15) is 0 Å². The molecule has 4 atom stereocenters. The molecule has 3 nitrogen and oxygen atoms in total. The van der Waals surface area contributed by atoms with Crippen LogP contribution in [0, 0.1) is 5.92 Å². The minimum Gasteiger partial charge on any atom is -0.393 e. The Labute approximate surface area is 106 Å². The molecule has 0 aromatic rings. The number of aliphatic hydroxyl groups is 2. The Kier molecular flexibility index (Phi) is 9.79. The Balaban J connectivity index is 3.99. The van der Waals surface area contributed by atoms with Gasteiger partial charge in [-0.15, -0.1) is 0 Å². The van der Waals surface area contributed by atoms with Crippen molar-refractivity contribution in [3.63, 3.8) is 0 Å². The molecule has 0 rings (SSSR count). The van der Waals surface area contributed by atoms with E-state index in [-0.39, 0.29) is 6.10 Å². The van der Waals surface area contributed by atoms with E-state index >= 15 is 0 Å². The summed E-state index contributed by atoms with van der Waals surface area (Å²) in [7, 11) is 0. The lowest BCUT2D eigenvalue weighted by molar-refractivity contribution is -0.0627. The zero-order valence-electron chi connectivity index (χ0n) is 11.9. The molecule has 0 saturated carbocycles. The molecule has 2 N–H and O–H groups in total. The van der Waals surface area contributed by atoms with Crippen molar-refractivity contribution in [2.75, 3.05) is 6.61 Å². The average molecular weight is 246 g/mol. The summed E-state index contributed by atoms with van der Waals surface area (Å²) in [5, 5.41) is 18.9. The Morgan fingerprint density at radius 3 is 2.18 bits per heavy atom. The molecule has 0 saturated heterocycles. The van der Waals surface area contributed by atoms with Crippen molar-refractivity contribution >= 4 is 0 Å². The van der Waals surface area contributed by atoms with E-state index in [0.717, 1.165) is 6.42 Å². The molecule has 17 heavy (non-hydrogen) atoms. The van der Waals surface area contributed by atoms with E-state index in [1.807, 2.05) is 0 Å². The number of rotatable bonds is 10. The molecule has 0 aliphatic rings. The van der Waals surface area contributed by atoms with E-state index < -0.39 is 12.2 Å². The van der Waals surface area contributed by atoms with Crippen LogP contribution in [0.3, 0.4) is 0 Å². The molecule has 104 valence electrons. The van der Waals surface area contributed by atoms with Crippen molar-refractivity contribution in [2.45, 2.75) is 78.1 Å². The van der Waals surface area contributed by atoms with Crippen LogP contribution in [0.2, 0.25) is 0 Å². The largest absolute Gasteiger partial charge is 0.393 e. The second-order valence-corrected chi connectivity index (χ2v) is 5.11. The lowest BCUT2D eigenvalue weighted by Gasteiger charge is -2.24. The van der Waals surface area contributed by atoms with Gasteiger partial charge in [-0.1, -0.05) is 33.1 Å². The fourth-order valence-electron chi connectivity index (χ4n) is 1.90. The van der Waals surface area contributed by atoms with Crippen molar-refractivity contribution in [3.8, 4) is 0 Å². The molecule has 0 aliphatic carbocycles. The summed E-state index contributed by atoms with van der Waals surface area (Å²) in [5.74, 6) is 0.574. The molecule has 0 spiro atoms. The quantitative estimate of drug-likeness (QED) is 0.623. The highest BCUT2D eigenvalue weighted by molar-refractivity contribution is 4.69. The molecule has 0 aromatic carbocycles. The van der Waals surface area contributed by atoms with Crippen LogP contribution in [0.25, 0.3) is 0 Å². The van der Waals surface area contributed by atoms with Crippen LogP contribution >= 0.6 is 0 Å². The molecular formula is C14H30O3. The summed E-state index contributed by atoms with van der Waals surface area (Å²) in [4.78, 5) is 0. The summed E-state index contributed by atoms with van der Waals surface area (Å²) < 4.78 is 5.75. The number of hydrogen-bond acceptors (Lipinski definition) is 3. The highest BCUT2D eigenvalue weighted by Crippen LogP contribution is 2.16. The first-order chi connectivity index (χ1) is 8.01. The smallest absolute Gasteiger partial charge is 0.0855 e. The Morgan fingerprint density at radius 1 is 1.12 bits per heavy atom. The maximum Gasteiger partial charge on any atom is 0.0855 e.